The molecule has 0 amide bonds. The Morgan fingerprint density at radius 3 is 2.82 bits per heavy atom. The van der Waals surface area contributed by atoms with Crippen molar-refractivity contribution < 1.29 is 4.74 Å². The fourth-order valence-corrected chi connectivity index (χ4v) is 1.58. The number of aromatic amines is 2. The second-order valence-corrected chi connectivity index (χ2v) is 4.01. The lowest BCUT2D eigenvalue weighted by atomic mass is 10.2. The smallest absolute Gasteiger partial charge is 0.326 e. The molecule has 0 radical (unpaired) electrons. The summed E-state index contributed by atoms with van der Waals surface area (Å²) in [4.78, 5) is 27.4. The van der Waals surface area contributed by atoms with Gasteiger partial charge in [-0.05, 0) is 18.6 Å². The van der Waals surface area contributed by atoms with Gasteiger partial charge in [0.1, 0.15) is 5.75 Å². The van der Waals surface area contributed by atoms with Crippen molar-refractivity contribution in [3.8, 4) is 5.75 Å². The molecular formula is C11H11ClN2O3. The van der Waals surface area contributed by atoms with Gasteiger partial charge in [0.15, 0.2) is 5.56 Å². The van der Waals surface area contributed by atoms with Crippen molar-refractivity contribution >= 4 is 22.5 Å². The minimum absolute atomic E-state index is 0.361. The molecule has 0 saturated carbocycles. The predicted molar refractivity (Wildman–Crippen MR) is 65.7 cm³/mol. The van der Waals surface area contributed by atoms with Gasteiger partial charge in [0.05, 0.1) is 10.9 Å². The number of H-pyrrole nitrogens is 2. The SMILES string of the molecule is CCC(Cl)Oc1cccc2c(=O)[nH]c(=O)[nH]c12. The van der Waals surface area contributed by atoms with Gasteiger partial charge >= 0.3 is 5.69 Å². The second kappa shape index (κ2) is 4.63. The van der Waals surface area contributed by atoms with Crippen molar-refractivity contribution in [3.63, 3.8) is 0 Å². The van der Waals surface area contributed by atoms with Crippen LogP contribution in [0.1, 0.15) is 13.3 Å². The number of benzene rings is 1. The van der Waals surface area contributed by atoms with Gasteiger partial charge in [-0.3, -0.25) is 9.78 Å². The topological polar surface area (TPSA) is 75.0 Å². The molecule has 0 aliphatic carbocycles. The largest absolute Gasteiger partial charge is 0.473 e. The van der Waals surface area contributed by atoms with Crippen LogP contribution in [0.2, 0.25) is 0 Å². The minimum atomic E-state index is -0.568. The summed E-state index contributed by atoms with van der Waals surface area (Å²) in [5, 5.41) is 0.363. The van der Waals surface area contributed by atoms with Crippen LogP contribution in [-0.4, -0.2) is 15.5 Å². The average molecular weight is 255 g/mol. The molecule has 1 unspecified atom stereocenters. The summed E-state index contributed by atoms with van der Waals surface area (Å²) < 4.78 is 5.43. The lowest BCUT2D eigenvalue weighted by molar-refractivity contribution is 0.280. The molecule has 2 N–H and O–H groups in total. The van der Waals surface area contributed by atoms with E-state index in [1.54, 1.807) is 18.2 Å². The van der Waals surface area contributed by atoms with E-state index in [4.69, 9.17) is 16.3 Å². The number of ether oxygens (including phenoxy) is 1. The van der Waals surface area contributed by atoms with Crippen molar-refractivity contribution in [3.05, 3.63) is 39.0 Å². The fraction of sp³-hybridized carbons (Fsp3) is 0.273. The molecule has 17 heavy (non-hydrogen) atoms. The first-order valence-electron chi connectivity index (χ1n) is 5.18. The molecule has 0 bridgehead atoms. The van der Waals surface area contributed by atoms with Gasteiger partial charge in [0.25, 0.3) is 5.56 Å². The predicted octanol–water partition coefficient (Wildman–Crippen LogP) is 1.57. The maximum absolute atomic E-state index is 11.5. The summed E-state index contributed by atoms with van der Waals surface area (Å²) in [5.41, 5.74) is -1.15. The Labute approximate surface area is 101 Å². The zero-order valence-corrected chi connectivity index (χ0v) is 9.88. The number of para-hydroxylation sites is 1. The average Bonchev–Trinajstić information content (AvgIpc) is 2.30. The van der Waals surface area contributed by atoms with Gasteiger partial charge in [-0.2, -0.15) is 0 Å². The number of hydrogen-bond donors (Lipinski definition) is 2. The summed E-state index contributed by atoms with van der Waals surface area (Å²) in [6.45, 7) is 1.87. The number of rotatable bonds is 3. The molecule has 0 fully saturated rings. The summed E-state index contributed by atoms with van der Waals surface area (Å²) in [7, 11) is 0. The Bertz CT molecular complexity index is 647. The lowest BCUT2D eigenvalue weighted by Gasteiger charge is -2.11. The van der Waals surface area contributed by atoms with E-state index in [-0.39, 0.29) is 0 Å². The van der Waals surface area contributed by atoms with Crippen LogP contribution >= 0.6 is 11.6 Å². The van der Waals surface area contributed by atoms with Crippen LogP contribution in [0.5, 0.6) is 5.75 Å². The van der Waals surface area contributed by atoms with E-state index < -0.39 is 16.8 Å². The summed E-state index contributed by atoms with van der Waals surface area (Å²) in [5.74, 6) is 0.396. The number of aromatic nitrogens is 2. The maximum atomic E-state index is 11.5. The third kappa shape index (κ3) is 2.34. The molecule has 1 heterocycles. The lowest BCUT2D eigenvalue weighted by Crippen LogP contribution is -2.22. The van der Waals surface area contributed by atoms with Gasteiger partial charge in [-0.1, -0.05) is 24.6 Å². The highest BCUT2D eigenvalue weighted by Crippen LogP contribution is 2.22. The third-order valence-electron chi connectivity index (χ3n) is 2.31. The molecule has 90 valence electrons. The van der Waals surface area contributed by atoms with E-state index in [9.17, 15) is 9.59 Å². The first-order valence-corrected chi connectivity index (χ1v) is 5.61. The molecule has 1 aromatic heterocycles. The highest BCUT2D eigenvalue weighted by atomic mass is 35.5. The molecule has 1 atom stereocenters. The van der Waals surface area contributed by atoms with Gasteiger partial charge < -0.3 is 9.72 Å². The highest BCUT2D eigenvalue weighted by molar-refractivity contribution is 6.19. The molecule has 5 nitrogen and oxygen atoms in total. The first kappa shape index (κ1) is 11.7. The standard InChI is InChI=1S/C11H11ClN2O3/c1-2-8(12)17-7-5-3-4-6-9(7)13-11(16)14-10(6)15/h3-5,8H,2H2,1H3,(H2,13,14,15,16). The summed E-state index contributed by atoms with van der Waals surface area (Å²) in [6.07, 6.45) is 0.616. The van der Waals surface area contributed by atoms with Crippen LogP contribution in [0.15, 0.2) is 27.8 Å². The number of fused-ring (bicyclic) bond motifs is 1. The molecule has 0 spiro atoms. The Hall–Kier alpha value is -1.75. The Morgan fingerprint density at radius 2 is 2.12 bits per heavy atom. The molecule has 0 saturated heterocycles. The fourth-order valence-electron chi connectivity index (χ4n) is 1.48. The van der Waals surface area contributed by atoms with Gasteiger partial charge in [0, 0.05) is 0 Å². The third-order valence-corrected chi connectivity index (χ3v) is 2.71. The zero-order valence-electron chi connectivity index (χ0n) is 9.12. The molecule has 0 aliphatic heterocycles. The van der Waals surface area contributed by atoms with Crippen molar-refractivity contribution in [2.45, 2.75) is 18.9 Å². The van der Waals surface area contributed by atoms with Gasteiger partial charge in [0.2, 0.25) is 0 Å². The highest BCUT2D eigenvalue weighted by Gasteiger charge is 2.09. The molecule has 1 aromatic carbocycles. The zero-order chi connectivity index (χ0) is 12.4. The summed E-state index contributed by atoms with van der Waals surface area (Å²) in [6, 6.07) is 4.93. The van der Waals surface area contributed by atoms with Crippen molar-refractivity contribution in [2.75, 3.05) is 0 Å². The van der Waals surface area contributed by atoms with Crippen molar-refractivity contribution in [2.24, 2.45) is 0 Å². The Morgan fingerprint density at radius 1 is 1.35 bits per heavy atom. The van der Waals surface area contributed by atoms with E-state index in [0.29, 0.717) is 23.1 Å². The van der Waals surface area contributed by atoms with E-state index >= 15 is 0 Å². The maximum Gasteiger partial charge on any atom is 0.326 e. The van der Waals surface area contributed by atoms with Crippen LogP contribution in [0.4, 0.5) is 0 Å². The van der Waals surface area contributed by atoms with E-state index in [0.717, 1.165) is 0 Å². The number of alkyl halides is 1. The molecular weight excluding hydrogens is 244 g/mol. The normalized spacial score (nSPS) is 12.6. The van der Waals surface area contributed by atoms with Gasteiger partial charge in [-0.25, -0.2) is 4.79 Å². The number of nitrogens with one attached hydrogen (secondary N) is 2. The van der Waals surface area contributed by atoms with Crippen LogP contribution in [0.25, 0.3) is 10.9 Å². The monoisotopic (exact) mass is 254 g/mol. The van der Waals surface area contributed by atoms with Crippen molar-refractivity contribution in [1.29, 1.82) is 0 Å². The van der Waals surface area contributed by atoms with Crippen LogP contribution < -0.4 is 16.0 Å². The first-order chi connectivity index (χ1) is 8.11. The molecule has 2 aromatic rings. The molecule has 6 heteroatoms. The molecule has 2 rings (SSSR count). The Kier molecular flexibility index (Phi) is 3.19. The van der Waals surface area contributed by atoms with E-state index in [1.807, 2.05) is 6.92 Å². The molecule has 0 aliphatic rings. The van der Waals surface area contributed by atoms with Gasteiger partial charge in [-0.15, -0.1) is 0 Å². The quantitative estimate of drug-likeness (QED) is 0.817. The number of halogens is 1. The number of hydrogen-bond acceptors (Lipinski definition) is 3. The van der Waals surface area contributed by atoms with Crippen LogP contribution in [0, 0.1) is 0 Å². The van der Waals surface area contributed by atoms with E-state index in [2.05, 4.69) is 9.97 Å². The second-order valence-electron chi connectivity index (χ2n) is 3.52. The van der Waals surface area contributed by atoms with E-state index in [1.165, 1.54) is 0 Å². The summed E-state index contributed by atoms with van der Waals surface area (Å²) >= 11 is 5.88. The van der Waals surface area contributed by atoms with Crippen LogP contribution in [-0.2, 0) is 0 Å². The minimum Gasteiger partial charge on any atom is -0.473 e. The van der Waals surface area contributed by atoms with Crippen molar-refractivity contribution in [1.82, 2.24) is 9.97 Å². The Balaban J connectivity index is 2.64. The van der Waals surface area contributed by atoms with Crippen LogP contribution in [0.3, 0.4) is 0 Å².